The smallest absolute Gasteiger partial charge is 0.328 e. The number of carbonyl (C=O) groups excluding carboxylic acids is 1. The van der Waals surface area contributed by atoms with Crippen molar-refractivity contribution in [3.05, 3.63) is 34.6 Å². The van der Waals surface area contributed by atoms with E-state index in [4.69, 9.17) is 9.47 Å². The number of carbonyl (C=O) groups is 1. The Morgan fingerprint density at radius 3 is 2.70 bits per heavy atom. The van der Waals surface area contributed by atoms with Crippen molar-refractivity contribution in [2.45, 2.75) is 33.7 Å². The number of allylic oxidation sites excluding steroid dienone is 2. The topological polar surface area (TPSA) is 62.8 Å². The van der Waals surface area contributed by atoms with Crippen molar-refractivity contribution in [2.24, 2.45) is 0 Å². The second kappa shape index (κ2) is 8.57. The number of dihydropyridines is 1. The van der Waals surface area contributed by atoms with Gasteiger partial charge in [0.2, 0.25) is 5.88 Å². The summed E-state index contributed by atoms with van der Waals surface area (Å²) in [5.74, 6) is -0.628. The molecule has 2 N–H and O–H groups in total. The van der Waals surface area contributed by atoms with E-state index in [0.717, 1.165) is 11.3 Å². The fraction of sp³-hybridized carbons (Fsp3) is 0.562. The molecule has 0 amide bonds. The molecule has 0 aromatic heterocycles. The van der Waals surface area contributed by atoms with Crippen molar-refractivity contribution < 1.29 is 18.7 Å². The Kier molecular flexibility index (Phi) is 7.09. The van der Waals surface area contributed by atoms with Gasteiger partial charge in [-0.2, -0.15) is 0 Å². The summed E-state index contributed by atoms with van der Waals surface area (Å²) in [5, 5.41) is 4.61. The summed E-state index contributed by atoms with van der Waals surface area (Å²) in [6.07, 6.45) is 1.73. The molecule has 0 bridgehead atoms. The zero-order valence-corrected chi connectivity index (χ0v) is 14.6. The fourth-order valence-electron chi connectivity index (χ4n) is 2.36. The Morgan fingerprint density at radius 2 is 2.13 bits per heavy atom. The first-order chi connectivity index (χ1) is 11.0. The Morgan fingerprint density at radius 1 is 1.48 bits per heavy atom. The quantitative estimate of drug-likeness (QED) is 0.770. The lowest BCUT2D eigenvalue weighted by atomic mass is 10.0. The lowest BCUT2D eigenvalue weighted by Crippen LogP contribution is -2.40. The summed E-state index contributed by atoms with van der Waals surface area (Å²) >= 11 is 0. The van der Waals surface area contributed by atoms with Gasteiger partial charge in [-0.05, 0) is 25.5 Å². The van der Waals surface area contributed by atoms with E-state index in [-0.39, 0.29) is 11.9 Å². The molecule has 0 fully saturated rings. The minimum absolute atomic E-state index is 0.164. The summed E-state index contributed by atoms with van der Waals surface area (Å²) in [5.41, 5.74) is 4.99. The van der Waals surface area contributed by atoms with Crippen LogP contribution in [0.25, 0.3) is 0 Å². The maximum absolute atomic E-state index is 14.3. The first-order valence-corrected chi connectivity index (χ1v) is 7.76. The van der Waals surface area contributed by atoms with Gasteiger partial charge in [0.15, 0.2) is 5.83 Å². The molecule has 0 aliphatic carbocycles. The molecule has 2 heterocycles. The second-order valence-electron chi connectivity index (χ2n) is 4.77. The van der Waals surface area contributed by atoms with Gasteiger partial charge in [-0.15, -0.1) is 0 Å². The third-order valence-corrected chi connectivity index (χ3v) is 3.48. The number of methoxy groups -OCH3 is 1. The van der Waals surface area contributed by atoms with Crippen LogP contribution in [-0.4, -0.2) is 44.3 Å². The van der Waals surface area contributed by atoms with Crippen molar-refractivity contribution in [1.29, 1.82) is 0 Å². The van der Waals surface area contributed by atoms with Crippen LogP contribution in [0.2, 0.25) is 0 Å². The van der Waals surface area contributed by atoms with Gasteiger partial charge in [0.1, 0.15) is 6.04 Å². The summed E-state index contributed by atoms with van der Waals surface area (Å²) < 4.78 is 24.2. The Hall–Kier alpha value is -2.02. The monoisotopic (exact) mass is 327 g/mol. The van der Waals surface area contributed by atoms with Crippen molar-refractivity contribution in [2.75, 3.05) is 27.3 Å². The van der Waals surface area contributed by atoms with Crippen LogP contribution in [0.5, 0.6) is 0 Å². The highest BCUT2D eigenvalue weighted by Crippen LogP contribution is 2.30. The van der Waals surface area contributed by atoms with E-state index in [0.29, 0.717) is 18.7 Å². The summed E-state index contributed by atoms with van der Waals surface area (Å²) in [4.78, 5) is 11.6. The minimum Gasteiger partial charge on any atom is -0.477 e. The molecule has 0 saturated heterocycles. The highest BCUT2D eigenvalue weighted by Gasteiger charge is 2.31. The third kappa shape index (κ3) is 4.04. The molecule has 1 unspecified atom stereocenters. The second-order valence-corrected chi connectivity index (χ2v) is 4.77. The van der Waals surface area contributed by atoms with Gasteiger partial charge in [-0.1, -0.05) is 13.8 Å². The Labute approximate surface area is 137 Å². The average molecular weight is 327 g/mol. The van der Waals surface area contributed by atoms with Crippen LogP contribution in [-0.2, 0) is 14.3 Å². The lowest BCUT2D eigenvalue weighted by Gasteiger charge is -2.26. The summed E-state index contributed by atoms with van der Waals surface area (Å²) in [6, 6.07) is -0.560. The van der Waals surface area contributed by atoms with Crippen molar-refractivity contribution >= 4 is 5.97 Å². The van der Waals surface area contributed by atoms with E-state index in [1.807, 2.05) is 13.8 Å². The van der Waals surface area contributed by atoms with E-state index < -0.39 is 11.9 Å². The van der Waals surface area contributed by atoms with E-state index in [1.165, 1.54) is 7.11 Å². The van der Waals surface area contributed by atoms with E-state index in [1.54, 1.807) is 32.0 Å². The number of hydrazine groups is 1. The van der Waals surface area contributed by atoms with Gasteiger partial charge >= 0.3 is 5.97 Å². The van der Waals surface area contributed by atoms with Gasteiger partial charge in [0, 0.05) is 19.2 Å². The number of rotatable bonds is 4. The fourth-order valence-corrected chi connectivity index (χ4v) is 2.36. The predicted octanol–water partition coefficient (Wildman–Crippen LogP) is 1.98. The van der Waals surface area contributed by atoms with Gasteiger partial charge < -0.3 is 19.8 Å². The number of nitrogens with zero attached hydrogens (tertiary/aromatic N) is 1. The number of hydrogen-bond donors (Lipinski definition) is 2. The molecule has 130 valence electrons. The maximum atomic E-state index is 14.3. The molecule has 2 aliphatic heterocycles. The standard InChI is InChI=1S/C14H20FN3O3.C2H6/c1-5-21-13-12(15)8(2)9(7-16-13)11-6-10(14(19)20-4)17-18(11)3;1-2/h6,10,16-17H,5,7H2,1-4H3;1-2H3. The van der Waals surface area contributed by atoms with Crippen molar-refractivity contribution in [1.82, 2.24) is 15.8 Å². The largest absolute Gasteiger partial charge is 0.477 e. The van der Waals surface area contributed by atoms with Gasteiger partial charge in [-0.25, -0.2) is 14.6 Å². The Balaban J connectivity index is 0.00000127. The third-order valence-electron chi connectivity index (χ3n) is 3.48. The minimum atomic E-state index is -0.560. The zero-order valence-electron chi connectivity index (χ0n) is 14.6. The van der Waals surface area contributed by atoms with Crippen LogP contribution in [0.15, 0.2) is 34.6 Å². The van der Waals surface area contributed by atoms with Crippen LogP contribution < -0.4 is 10.7 Å². The number of nitrogens with one attached hydrogen (secondary N) is 2. The SMILES string of the molecule is CC.CCOC1=C(F)C(C)=C(C2=CC(C(=O)OC)NN2C)CN1. The maximum Gasteiger partial charge on any atom is 0.328 e. The average Bonchev–Trinajstić information content (AvgIpc) is 2.95. The number of ether oxygens (including phenoxy) is 2. The first kappa shape index (κ1) is 19.0. The van der Waals surface area contributed by atoms with Crippen molar-refractivity contribution in [3.63, 3.8) is 0 Å². The first-order valence-electron chi connectivity index (χ1n) is 7.76. The van der Waals surface area contributed by atoms with Gasteiger partial charge in [-0.3, -0.25) is 0 Å². The van der Waals surface area contributed by atoms with Crippen LogP contribution in [0.4, 0.5) is 4.39 Å². The van der Waals surface area contributed by atoms with E-state index >= 15 is 0 Å². The van der Waals surface area contributed by atoms with Gasteiger partial charge in [0.25, 0.3) is 0 Å². The number of likely N-dealkylation sites (N-methyl/N-ethyl adjacent to an activating group) is 1. The number of hydrogen-bond acceptors (Lipinski definition) is 6. The molecule has 0 aromatic rings. The Bertz CT molecular complexity index is 541. The summed E-state index contributed by atoms with van der Waals surface area (Å²) in [6.45, 7) is 8.33. The highest BCUT2D eigenvalue weighted by atomic mass is 19.1. The van der Waals surface area contributed by atoms with Crippen LogP contribution >= 0.6 is 0 Å². The molecule has 0 saturated carbocycles. The zero-order chi connectivity index (χ0) is 17.6. The normalized spacial score (nSPS) is 20.6. The van der Waals surface area contributed by atoms with Gasteiger partial charge in [0.05, 0.1) is 19.4 Å². The molecule has 7 heteroatoms. The van der Waals surface area contributed by atoms with E-state index in [9.17, 15) is 9.18 Å². The number of halogens is 1. The summed E-state index contributed by atoms with van der Waals surface area (Å²) in [7, 11) is 3.11. The van der Waals surface area contributed by atoms with Crippen LogP contribution in [0.3, 0.4) is 0 Å². The molecule has 0 radical (unpaired) electrons. The van der Waals surface area contributed by atoms with E-state index in [2.05, 4.69) is 10.7 Å². The molecular formula is C16H26FN3O3. The molecular weight excluding hydrogens is 301 g/mol. The highest BCUT2D eigenvalue weighted by molar-refractivity contribution is 5.79. The molecule has 2 rings (SSSR count). The van der Waals surface area contributed by atoms with Crippen LogP contribution in [0, 0.1) is 0 Å². The van der Waals surface area contributed by atoms with Crippen LogP contribution in [0.1, 0.15) is 27.7 Å². The lowest BCUT2D eigenvalue weighted by molar-refractivity contribution is -0.142. The molecule has 2 aliphatic rings. The molecule has 0 aromatic carbocycles. The molecule has 0 spiro atoms. The predicted molar refractivity (Wildman–Crippen MR) is 86.6 cm³/mol. The molecule has 1 atom stereocenters. The van der Waals surface area contributed by atoms with Crippen molar-refractivity contribution in [3.8, 4) is 0 Å². The molecule has 6 nitrogen and oxygen atoms in total. The number of esters is 1. The molecule has 23 heavy (non-hydrogen) atoms.